The number of fused-ring (bicyclic) bond motifs is 1. The lowest BCUT2D eigenvalue weighted by Gasteiger charge is -2.31. The maximum atomic E-state index is 12.8. The smallest absolute Gasteiger partial charge is 0.272 e. The van der Waals surface area contributed by atoms with Crippen molar-refractivity contribution in [3.05, 3.63) is 30.0 Å². The Hall–Kier alpha value is -2.12. The number of halogens is 1. The number of amides is 2. The first-order chi connectivity index (χ1) is 13.5. The Balaban J connectivity index is 0.00000300. The molecule has 160 valence electrons. The number of rotatable bonds is 7. The summed E-state index contributed by atoms with van der Waals surface area (Å²) in [6.45, 7) is 7.56. The van der Waals surface area contributed by atoms with Crippen molar-refractivity contribution in [2.75, 3.05) is 33.2 Å². The van der Waals surface area contributed by atoms with Gasteiger partial charge in [-0.3, -0.25) is 14.3 Å². The zero-order valence-electron chi connectivity index (χ0n) is 17.5. The van der Waals surface area contributed by atoms with Gasteiger partial charge in [-0.1, -0.05) is 18.2 Å². The minimum atomic E-state index is -0.0994. The summed E-state index contributed by atoms with van der Waals surface area (Å²) in [5.41, 5.74) is 1.50. The molecule has 1 aliphatic heterocycles. The average Bonchev–Trinajstić information content (AvgIpc) is 3.11. The lowest BCUT2D eigenvalue weighted by atomic mass is 9.96. The molecule has 1 aromatic carbocycles. The van der Waals surface area contributed by atoms with E-state index in [9.17, 15) is 9.59 Å². The van der Waals surface area contributed by atoms with Gasteiger partial charge in [0.2, 0.25) is 5.91 Å². The first kappa shape index (κ1) is 23.2. The summed E-state index contributed by atoms with van der Waals surface area (Å²) in [4.78, 5) is 26.5. The molecule has 2 aromatic rings. The van der Waals surface area contributed by atoms with Crippen molar-refractivity contribution in [1.82, 2.24) is 25.3 Å². The van der Waals surface area contributed by atoms with Gasteiger partial charge in [-0.15, -0.1) is 12.4 Å². The number of para-hydroxylation sites is 1. The predicted octanol–water partition coefficient (Wildman–Crippen LogP) is 2.62. The summed E-state index contributed by atoms with van der Waals surface area (Å²) >= 11 is 0. The first-order valence-electron chi connectivity index (χ1n) is 10.2. The number of nitrogens with one attached hydrogen (secondary N) is 2. The Morgan fingerprint density at radius 2 is 1.90 bits per heavy atom. The van der Waals surface area contributed by atoms with E-state index in [1.54, 1.807) is 7.05 Å². The number of likely N-dealkylation sites (tertiary alicyclic amines) is 1. The minimum Gasteiger partial charge on any atom is -0.359 e. The summed E-state index contributed by atoms with van der Waals surface area (Å²) in [6, 6.07) is 8.09. The molecule has 0 spiro atoms. The lowest BCUT2D eigenvalue weighted by Crippen LogP contribution is -2.40. The van der Waals surface area contributed by atoms with Crippen LogP contribution in [0.25, 0.3) is 10.9 Å². The van der Waals surface area contributed by atoms with Crippen molar-refractivity contribution >= 4 is 35.1 Å². The van der Waals surface area contributed by atoms with Crippen LogP contribution in [0, 0.1) is 5.92 Å². The molecule has 29 heavy (non-hydrogen) atoms. The van der Waals surface area contributed by atoms with Crippen LogP contribution in [-0.2, 0) is 4.79 Å². The molecule has 1 fully saturated rings. The van der Waals surface area contributed by atoms with Crippen molar-refractivity contribution in [3.63, 3.8) is 0 Å². The minimum absolute atomic E-state index is 0. The third-order valence-corrected chi connectivity index (χ3v) is 5.51. The van der Waals surface area contributed by atoms with Crippen LogP contribution in [0.5, 0.6) is 0 Å². The van der Waals surface area contributed by atoms with Gasteiger partial charge in [0.1, 0.15) is 0 Å². The van der Waals surface area contributed by atoms with E-state index < -0.39 is 0 Å². The van der Waals surface area contributed by atoms with E-state index in [1.807, 2.05) is 28.9 Å². The summed E-state index contributed by atoms with van der Waals surface area (Å²) in [7, 11) is 1.67. The van der Waals surface area contributed by atoms with Crippen molar-refractivity contribution in [2.45, 2.75) is 39.2 Å². The first-order valence-corrected chi connectivity index (χ1v) is 10.2. The van der Waals surface area contributed by atoms with Gasteiger partial charge in [0.25, 0.3) is 5.91 Å². The number of aromatic nitrogens is 2. The number of nitrogens with zero attached hydrogens (tertiary/aromatic N) is 3. The van der Waals surface area contributed by atoms with E-state index >= 15 is 0 Å². The van der Waals surface area contributed by atoms with Crippen LogP contribution in [-0.4, -0.2) is 59.7 Å². The molecule has 7 nitrogen and oxygen atoms in total. The van der Waals surface area contributed by atoms with Gasteiger partial charge in [-0.2, -0.15) is 5.10 Å². The van der Waals surface area contributed by atoms with Gasteiger partial charge in [-0.05, 0) is 51.8 Å². The molecular weight excluding hydrogens is 390 g/mol. The van der Waals surface area contributed by atoms with Crippen LogP contribution in [0.2, 0.25) is 0 Å². The van der Waals surface area contributed by atoms with Crippen LogP contribution >= 0.6 is 12.4 Å². The molecule has 0 atom stereocenters. The topological polar surface area (TPSA) is 79.3 Å². The van der Waals surface area contributed by atoms with Gasteiger partial charge < -0.3 is 15.5 Å². The maximum Gasteiger partial charge on any atom is 0.272 e. The molecule has 2 N–H and O–H groups in total. The fraction of sp³-hybridized carbons (Fsp3) is 0.571. The van der Waals surface area contributed by atoms with E-state index in [0.29, 0.717) is 24.6 Å². The molecule has 0 bridgehead atoms. The van der Waals surface area contributed by atoms with Crippen molar-refractivity contribution < 1.29 is 9.59 Å². The Labute approximate surface area is 178 Å². The molecule has 1 saturated heterocycles. The van der Waals surface area contributed by atoms with Gasteiger partial charge in [-0.25, -0.2) is 0 Å². The standard InChI is InChI=1S/C21H31N5O2.ClH/c1-15(2)26-18-7-5-4-6-17(18)20(24-26)21(28)23-14-16-8-11-25(12-9-16)13-10-19(27)22-3;/h4-7,15-16H,8-14H2,1-3H3,(H,22,27)(H,23,28);1H. The molecule has 0 saturated carbocycles. The molecule has 0 unspecified atom stereocenters. The van der Waals surface area contributed by atoms with Gasteiger partial charge in [0.15, 0.2) is 5.69 Å². The molecule has 0 radical (unpaired) electrons. The van der Waals surface area contributed by atoms with Crippen molar-refractivity contribution in [2.24, 2.45) is 5.92 Å². The van der Waals surface area contributed by atoms with Crippen LogP contribution in [0.1, 0.15) is 49.6 Å². The molecule has 8 heteroatoms. The number of hydrogen-bond acceptors (Lipinski definition) is 4. The average molecular weight is 422 g/mol. The van der Waals surface area contributed by atoms with Crippen LogP contribution in [0.4, 0.5) is 0 Å². The molecular formula is C21H32ClN5O2. The third-order valence-electron chi connectivity index (χ3n) is 5.51. The van der Waals surface area contributed by atoms with Crippen LogP contribution < -0.4 is 10.6 Å². The highest BCUT2D eigenvalue weighted by Gasteiger charge is 2.22. The fourth-order valence-corrected chi connectivity index (χ4v) is 3.77. The fourth-order valence-electron chi connectivity index (χ4n) is 3.77. The maximum absolute atomic E-state index is 12.8. The molecule has 3 rings (SSSR count). The third kappa shape index (κ3) is 5.70. The number of carbonyl (C=O) groups excluding carboxylic acids is 2. The van der Waals surface area contributed by atoms with E-state index in [1.165, 1.54) is 0 Å². The number of benzene rings is 1. The molecule has 0 aliphatic carbocycles. The van der Waals surface area contributed by atoms with Crippen LogP contribution in [0.3, 0.4) is 0 Å². The summed E-state index contributed by atoms with van der Waals surface area (Å²) in [5, 5.41) is 11.2. The number of carbonyl (C=O) groups is 2. The molecule has 2 amide bonds. The highest BCUT2D eigenvalue weighted by molar-refractivity contribution is 6.04. The summed E-state index contributed by atoms with van der Waals surface area (Å²) in [6.07, 6.45) is 2.62. The van der Waals surface area contributed by atoms with Gasteiger partial charge in [0.05, 0.1) is 5.52 Å². The Morgan fingerprint density at radius 3 is 2.55 bits per heavy atom. The van der Waals surface area contributed by atoms with Gasteiger partial charge >= 0.3 is 0 Å². The van der Waals surface area contributed by atoms with Crippen LogP contribution in [0.15, 0.2) is 24.3 Å². The van der Waals surface area contributed by atoms with E-state index in [2.05, 4.69) is 34.5 Å². The number of piperidine rings is 1. The molecule has 2 heterocycles. The van der Waals surface area contributed by atoms with E-state index in [0.717, 1.165) is 43.4 Å². The zero-order chi connectivity index (χ0) is 20.1. The predicted molar refractivity (Wildman–Crippen MR) is 118 cm³/mol. The Kier molecular flexibility index (Phi) is 8.46. The highest BCUT2D eigenvalue weighted by atomic mass is 35.5. The zero-order valence-corrected chi connectivity index (χ0v) is 18.3. The second-order valence-corrected chi connectivity index (χ2v) is 7.82. The number of hydrogen-bond donors (Lipinski definition) is 2. The highest BCUT2D eigenvalue weighted by Crippen LogP contribution is 2.22. The SMILES string of the molecule is CNC(=O)CCN1CCC(CNC(=O)c2nn(C(C)C)c3ccccc23)CC1.Cl. The Morgan fingerprint density at radius 1 is 1.21 bits per heavy atom. The van der Waals surface area contributed by atoms with Crippen molar-refractivity contribution in [1.29, 1.82) is 0 Å². The second-order valence-electron chi connectivity index (χ2n) is 7.82. The van der Waals surface area contributed by atoms with Gasteiger partial charge in [0, 0.05) is 38.0 Å². The molecule has 1 aromatic heterocycles. The van der Waals surface area contributed by atoms with E-state index in [-0.39, 0.29) is 30.3 Å². The monoisotopic (exact) mass is 421 g/mol. The quantitative estimate of drug-likeness (QED) is 0.720. The van der Waals surface area contributed by atoms with E-state index in [4.69, 9.17) is 0 Å². The van der Waals surface area contributed by atoms with Crippen molar-refractivity contribution in [3.8, 4) is 0 Å². The normalized spacial score (nSPS) is 15.3. The summed E-state index contributed by atoms with van der Waals surface area (Å²) < 4.78 is 1.91. The Bertz CT molecular complexity index is 828. The molecule has 1 aliphatic rings. The second kappa shape index (κ2) is 10.6. The largest absolute Gasteiger partial charge is 0.359 e. The lowest BCUT2D eigenvalue weighted by molar-refractivity contribution is -0.121. The summed E-state index contributed by atoms with van der Waals surface area (Å²) in [5.74, 6) is 0.457.